The summed E-state index contributed by atoms with van der Waals surface area (Å²) in [4.78, 5) is 12.8. The van der Waals surface area contributed by atoms with Crippen molar-refractivity contribution in [2.24, 2.45) is 40.4 Å². The van der Waals surface area contributed by atoms with Crippen LogP contribution < -0.4 is 0 Å². The Morgan fingerprint density at radius 3 is 2.43 bits per heavy atom. The zero-order valence-corrected chi connectivity index (χ0v) is 14.7. The molecule has 1 nitrogen and oxygen atoms in total. The molecular formula is C20H34O. The summed E-state index contributed by atoms with van der Waals surface area (Å²) in [5, 5.41) is 0. The molecule has 0 aromatic rings. The maximum Gasteiger partial charge on any atom is 0.139 e. The van der Waals surface area contributed by atoms with E-state index in [0.717, 1.165) is 30.1 Å². The lowest BCUT2D eigenvalue weighted by atomic mass is 9.59. The van der Waals surface area contributed by atoms with Gasteiger partial charge in [-0.05, 0) is 67.1 Å². The average molecular weight is 290 g/mol. The minimum atomic E-state index is 0.0343. The van der Waals surface area contributed by atoms with Gasteiger partial charge in [0.25, 0.3) is 0 Å². The van der Waals surface area contributed by atoms with Gasteiger partial charge in [0, 0.05) is 11.8 Å². The summed E-state index contributed by atoms with van der Waals surface area (Å²) in [6.45, 7) is 12.0. The first-order valence-electron chi connectivity index (χ1n) is 9.31. The average Bonchev–Trinajstić information content (AvgIpc) is 2.72. The van der Waals surface area contributed by atoms with E-state index in [1.54, 1.807) is 0 Å². The van der Waals surface area contributed by atoms with Crippen molar-refractivity contribution in [3.05, 3.63) is 0 Å². The Bertz CT molecular complexity index is 422. The summed E-state index contributed by atoms with van der Waals surface area (Å²) in [6, 6.07) is 0. The summed E-state index contributed by atoms with van der Waals surface area (Å²) in [7, 11) is 0. The van der Waals surface area contributed by atoms with Crippen LogP contribution in [0.5, 0.6) is 0 Å². The van der Waals surface area contributed by atoms with Gasteiger partial charge >= 0.3 is 0 Å². The Morgan fingerprint density at radius 2 is 1.90 bits per heavy atom. The molecule has 2 bridgehead atoms. The summed E-state index contributed by atoms with van der Waals surface area (Å²) in [6.07, 6.45) is 8.69. The lowest BCUT2D eigenvalue weighted by Crippen LogP contribution is -2.41. The number of carbonyl (C=O) groups excluding carboxylic acids is 1. The van der Waals surface area contributed by atoms with E-state index in [2.05, 4.69) is 34.6 Å². The van der Waals surface area contributed by atoms with Crippen LogP contribution in [0.25, 0.3) is 0 Å². The molecule has 0 saturated heterocycles. The number of carbonyl (C=O) groups is 1. The topological polar surface area (TPSA) is 17.1 Å². The minimum Gasteiger partial charge on any atom is -0.299 e. The number of ketones is 1. The summed E-state index contributed by atoms with van der Waals surface area (Å²) in [5.74, 6) is 4.55. The van der Waals surface area contributed by atoms with E-state index in [1.165, 1.54) is 38.5 Å². The van der Waals surface area contributed by atoms with Gasteiger partial charge < -0.3 is 0 Å². The highest BCUT2D eigenvalue weighted by Crippen LogP contribution is 2.67. The number of Topliss-reactive ketones (excluding diaryl/α,β-unsaturated/α-hetero) is 1. The third kappa shape index (κ3) is 2.21. The molecule has 0 aliphatic heterocycles. The first-order valence-corrected chi connectivity index (χ1v) is 9.31. The molecule has 21 heavy (non-hydrogen) atoms. The molecule has 3 aliphatic carbocycles. The van der Waals surface area contributed by atoms with Crippen molar-refractivity contribution in [3.8, 4) is 0 Å². The van der Waals surface area contributed by atoms with E-state index in [4.69, 9.17) is 0 Å². The zero-order chi connectivity index (χ0) is 15.4. The van der Waals surface area contributed by atoms with Crippen molar-refractivity contribution < 1.29 is 4.79 Å². The fraction of sp³-hybridized carbons (Fsp3) is 0.950. The van der Waals surface area contributed by atoms with Crippen LogP contribution in [0.2, 0.25) is 0 Å². The number of hydrogen-bond acceptors (Lipinski definition) is 1. The maximum atomic E-state index is 12.8. The van der Waals surface area contributed by atoms with Gasteiger partial charge in [0.05, 0.1) is 0 Å². The van der Waals surface area contributed by atoms with Gasteiger partial charge in [-0.25, -0.2) is 0 Å². The van der Waals surface area contributed by atoms with Crippen molar-refractivity contribution in [1.82, 2.24) is 0 Å². The second kappa shape index (κ2) is 5.10. The second-order valence-corrected chi connectivity index (χ2v) is 9.46. The van der Waals surface area contributed by atoms with Crippen LogP contribution in [-0.4, -0.2) is 5.78 Å². The second-order valence-electron chi connectivity index (χ2n) is 9.46. The van der Waals surface area contributed by atoms with Gasteiger partial charge in [-0.15, -0.1) is 0 Å². The summed E-state index contributed by atoms with van der Waals surface area (Å²) >= 11 is 0. The third-order valence-corrected chi connectivity index (χ3v) is 7.91. The van der Waals surface area contributed by atoms with Gasteiger partial charge in [0.2, 0.25) is 0 Å². The van der Waals surface area contributed by atoms with E-state index in [0.29, 0.717) is 11.7 Å². The quantitative estimate of drug-likeness (QED) is 0.672. The lowest BCUT2D eigenvalue weighted by Gasteiger charge is -2.45. The lowest BCUT2D eigenvalue weighted by molar-refractivity contribution is -0.131. The molecule has 0 aromatic carbocycles. The molecule has 3 saturated carbocycles. The summed E-state index contributed by atoms with van der Waals surface area (Å²) in [5.41, 5.74) is 0.291. The van der Waals surface area contributed by atoms with Crippen LogP contribution in [-0.2, 0) is 4.79 Å². The molecule has 0 radical (unpaired) electrons. The van der Waals surface area contributed by atoms with Crippen molar-refractivity contribution in [2.45, 2.75) is 79.6 Å². The predicted molar refractivity (Wildman–Crippen MR) is 88.0 cm³/mol. The first kappa shape index (κ1) is 15.6. The molecule has 120 valence electrons. The van der Waals surface area contributed by atoms with Crippen LogP contribution in [0.3, 0.4) is 0 Å². The van der Waals surface area contributed by atoms with Crippen molar-refractivity contribution >= 4 is 5.78 Å². The highest BCUT2D eigenvalue weighted by atomic mass is 16.1. The van der Waals surface area contributed by atoms with E-state index in [1.807, 2.05) is 0 Å². The van der Waals surface area contributed by atoms with Crippen LogP contribution in [0.4, 0.5) is 0 Å². The molecule has 3 aliphatic rings. The number of rotatable bonds is 3. The van der Waals surface area contributed by atoms with Gasteiger partial charge in [-0.2, -0.15) is 0 Å². The minimum absolute atomic E-state index is 0.0343. The Kier molecular flexibility index (Phi) is 3.78. The third-order valence-electron chi connectivity index (χ3n) is 7.91. The van der Waals surface area contributed by atoms with Gasteiger partial charge in [0.15, 0.2) is 0 Å². The standard InChI is InChI=1S/C20H34O/c1-13(2)17-7-6-14(3)10-15(17)12-20-9-8-16(11-18(20)21)19(20,4)5/h13-17H,6-12H2,1-5H3. The van der Waals surface area contributed by atoms with E-state index in [9.17, 15) is 4.79 Å². The van der Waals surface area contributed by atoms with Crippen LogP contribution in [0.15, 0.2) is 0 Å². The van der Waals surface area contributed by atoms with Crippen molar-refractivity contribution in [1.29, 1.82) is 0 Å². The molecule has 0 heterocycles. The number of hydrogen-bond donors (Lipinski definition) is 0. The monoisotopic (exact) mass is 290 g/mol. The molecule has 0 aromatic heterocycles. The van der Waals surface area contributed by atoms with Crippen LogP contribution in [0, 0.1) is 40.4 Å². The first-order chi connectivity index (χ1) is 9.78. The van der Waals surface area contributed by atoms with Crippen LogP contribution >= 0.6 is 0 Å². The Labute approximate surface area is 131 Å². The van der Waals surface area contributed by atoms with Gasteiger partial charge in [0.1, 0.15) is 5.78 Å². The SMILES string of the molecule is CC1CCC(C(C)C)C(CC23CCC(CC2=O)C3(C)C)C1. The zero-order valence-electron chi connectivity index (χ0n) is 14.7. The molecule has 0 spiro atoms. The van der Waals surface area contributed by atoms with Gasteiger partial charge in [-0.1, -0.05) is 41.0 Å². The smallest absolute Gasteiger partial charge is 0.139 e. The van der Waals surface area contributed by atoms with E-state index < -0.39 is 0 Å². The molecule has 3 rings (SSSR count). The molecular weight excluding hydrogens is 256 g/mol. The maximum absolute atomic E-state index is 12.8. The molecule has 0 amide bonds. The molecule has 0 N–H and O–H groups in total. The molecule has 1 heteroatoms. The fourth-order valence-corrected chi connectivity index (χ4v) is 6.33. The highest BCUT2D eigenvalue weighted by molar-refractivity contribution is 5.89. The molecule has 3 fully saturated rings. The predicted octanol–water partition coefficient (Wildman–Crippen LogP) is 5.48. The van der Waals surface area contributed by atoms with Crippen LogP contribution in [0.1, 0.15) is 79.6 Å². The molecule has 5 atom stereocenters. The van der Waals surface area contributed by atoms with E-state index >= 15 is 0 Å². The van der Waals surface area contributed by atoms with Gasteiger partial charge in [-0.3, -0.25) is 4.79 Å². The normalized spacial score (nSPS) is 45.5. The summed E-state index contributed by atoms with van der Waals surface area (Å²) < 4.78 is 0. The fourth-order valence-electron chi connectivity index (χ4n) is 6.33. The van der Waals surface area contributed by atoms with E-state index in [-0.39, 0.29) is 10.8 Å². The van der Waals surface area contributed by atoms with Crippen molar-refractivity contribution in [3.63, 3.8) is 0 Å². The largest absolute Gasteiger partial charge is 0.299 e. The Balaban J connectivity index is 1.85. The number of fused-ring (bicyclic) bond motifs is 2. The van der Waals surface area contributed by atoms with Crippen molar-refractivity contribution in [2.75, 3.05) is 0 Å². The Hall–Kier alpha value is -0.330. The Morgan fingerprint density at radius 1 is 1.19 bits per heavy atom. The molecule has 5 unspecified atom stereocenters. The highest BCUT2D eigenvalue weighted by Gasteiger charge is 2.64.